The Bertz CT molecular complexity index is 1160. The Morgan fingerprint density at radius 1 is 1.31 bits per heavy atom. The molecule has 1 aliphatic rings. The molecule has 6 atom stereocenters. The zero-order valence-corrected chi connectivity index (χ0v) is 21.1. The normalized spacial score (nSPS) is 26.4. The van der Waals surface area contributed by atoms with Gasteiger partial charge in [-0.3, -0.25) is 9.32 Å². The highest BCUT2D eigenvalue weighted by atomic mass is 31.2. The molecule has 36 heavy (non-hydrogen) atoms. The van der Waals surface area contributed by atoms with Crippen LogP contribution in [0.3, 0.4) is 0 Å². The van der Waals surface area contributed by atoms with Gasteiger partial charge in [-0.05, 0) is 39.8 Å². The number of ether oxygens (including phenoxy) is 2. The Morgan fingerprint density at radius 3 is 2.58 bits per heavy atom. The molecule has 1 saturated heterocycles. The maximum absolute atomic E-state index is 15.5. The Kier molecular flexibility index (Phi) is 8.52. The molecular formula is C22H30FN3O9P+. The van der Waals surface area contributed by atoms with E-state index < -0.39 is 68.1 Å². The highest BCUT2D eigenvalue weighted by Gasteiger charge is 2.58. The van der Waals surface area contributed by atoms with Crippen LogP contribution in [0.15, 0.2) is 47.4 Å². The van der Waals surface area contributed by atoms with Gasteiger partial charge in [0.1, 0.15) is 30.2 Å². The molecule has 0 radical (unpaired) electrons. The van der Waals surface area contributed by atoms with Crippen LogP contribution in [0.2, 0.25) is 0 Å². The van der Waals surface area contributed by atoms with Crippen LogP contribution in [0.4, 0.5) is 4.39 Å². The summed E-state index contributed by atoms with van der Waals surface area (Å²) in [5, 5.41) is 23.1. The number of aliphatic hydroxyl groups is 1. The van der Waals surface area contributed by atoms with Crippen molar-refractivity contribution in [1.29, 1.82) is 0 Å². The molecule has 0 bridgehead atoms. The van der Waals surface area contributed by atoms with Crippen LogP contribution in [0.1, 0.15) is 33.9 Å². The first-order chi connectivity index (χ1) is 16.8. The fraction of sp³-hybridized carbons (Fsp3) is 0.500. The first-order valence-corrected chi connectivity index (χ1v) is 12.7. The lowest BCUT2D eigenvalue weighted by Crippen LogP contribution is -2.51. The molecule has 1 aliphatic heterocycles. The number of aromatic amines is 1. The molecule has 12 nitrogen and oxygen atoms in total. The summed E-state index contributed by atoms with van der Waals surface area (Å²) in [6.45, 7) is 5.14. The number of benzene rings is 1. The standard InChI is InChI=1S/C22H29FN3O9P/c1-13(2)33-19(29)14(3)25-36(31,35-15-8-6-5-7-9-15)32-12-16-18(28)22(4,23)20(34-16)26-11-10-17(27)24-21(26)30/h5-11,13-14,16,18,20,28H,12H2,1-4H3,(H2,24,25,27,30,31)/p+1/t14-,16+,18+,20+,22+,36-/m0/s1. The molecule has 0 unspecified atom stereocenters. The molecule has 2 heterocycles. The quantitative estimate of drug-likeness (QED) is 0.201. The van der Waals surface area contributed by atoms with Crippen molar-refractivity contribution in [2.24, 2.45) is 0 Å². The summed E-state index contributed by atoms with van der Waals surface area (Å²) in [7, 11) is -4.29. The van der Waals surface area contributed by atoms with Crippen LogP contribution >= 0.6 is 7.75 Å². The third-order valence-electron chi connectivity index (χ3n) is 5.27. The van der Waals surface area contributed by atoms with E-state index >= 15 is 4.39 Å². The van der Waals surface area contributed by atoms with Gasteiger partial charge < -0.3 is 24.2 Å². The molecule has 1 fully saturated rings. The highest BCUT2D eigenvalue weighted by Crippen LogP contribution is 2.47. The first kappa shape index (κ1) is 27.8. The van der Waals surface area contributed by atoms with E-state index in [4.69, 9.17) is 18.5 Å². The van der Waals surface area contributed by atoms with E-state index in [9.17, 15) is 24.4 Å². The lowest BCUT2D eigenvalue weighted by atomic mass is 9.98. The number of hydrogen-bond acceptors (Lipinski definition) is 9. The van der Waals surface area contributed by atoms with Crippen LogP contribution in [0.25, 0.3) is 0 Å². The number of para-hydroxylation sites is 1. The number of carbonyl (C=O) groups excluding carboxylic acids is 1. The van der Waals surface area contributed by atoms with Crippen molar-refractivity contribution < 1.29 is 47.1 Å². The summed E-state index contributed by atoms with van der Waals surface area (Å²) in [5.74, 6) is -0.545. The topological polar surface area (TPSA) is 160 Å². The van der Waals surface area contributed by atoms with Crippen LogP contribution in [0.5, 0.6) is 11.8 Å². The lowest BCUT2D eigenvalue weighted by molar-refractivity contribution is -0.776. The van der Waals surface area contributed by atoms with Crippen molar-refractivity contribution >= 4 is 13.7 Å². The fourth-order valence-electron chi connectivity index (χ4n) is 3.48. The van der Waals surface area contributed by atoms with Gasteiger partial charge in [0.25, 0.3) is 0 Å². The van der Waals surface area contributed by atoms with Gasteiger partial charge in [0.2, 0.25) is 11.9 Å². The second-order valence-corrected chi connectivity index (χ2v) is 10.4. The van der Waals surface area contributed by atoms with Gasteiger partial charge in [0.15, 0.2) is 0 Å². The van der Waals surface area contributed by atoms with E-state index in [2.05, 4.69) is 10.1 Å². The summed E-state index contributed by atoms with van der Waals surface area (Å²) in [6, 6.07) is 7.24. The number of aromatic nitrogens is 2. The third-order valence-corrected chi connectivity index (χ3v) is 6.91. The Hall–Kier alpha value is -2.83. The number of aromatic hydroxyl groups is 1. The molecule has 0 aliphatic carbocycles. The maximum Gasteiger partial charge on any atom is 0.459 e. The van der Waals surface area contributed by atoms with Gasteiger partial charge >= 0.3 is 25.3 Å². The van der Waals surface area contributed by atoms with Gasteiger partial charge in [-0.25, -0.2) is 13.8 Å². The number of halogens is 1. The van der Waals surface area contributed by atoms with Gasteiger partial charge in [-0.2, -0.15) is 14.6 Å². The second kappa shape index (κ2) is 11.1. The van der Waals surface area contributed by atoms with Crippen LogP contribution in [0, 0.1) is 0 Å². The van der Waals surface area contributed by atoms with Crippen LogP contribution in [-0.2, 0) is 23.4 Å². The monoisotopic (exact) mass is 530 g/mol. The number of esters is 1. The molecule has 1 aromatic carbocycles. The minimum Gasteiger partial charge on any atom is -0.462 e. The van der Waals surface area contributed by atoms with Gasteiger partial charge in [-0.15, -0.1) is 0 Å². The summed E-state index contributed by atoms with van der Waals surface area (Å²) in [6.07, 6.45) is -4.02. The number of hydrogen-bond donors (Lipinski definition) is 4. The van der Waals surface area contributed by atoms with Crippen molar-refractivity contribution in [3.05, 3.63) is 52.9 Å². The predicted octanol–water partition coefficient (Wildman–Crippen LogP) is 1.49. The summed E-state index contributed by atoms with van der Waals surface area (Å²) in [4.78, 5) is 25.7. The largest absolute Gasteiger partial charge is 0.462 e. The molecule has 0 amide bonds. The zero-order valence-electron chi connectivity index (χ0n) is 20.2. The number of carbonyl (C=O) groups is 1. The average Bonchev–Trinajstić information content (AvgIpc) is 3.01. The Balaban J connectivity index is 1.79. The van der Waals surface area contributed by atoms with Crippen LogP contribution < -0.4 is 19.7 Å². The van der Waals surface area contributed by atoms with Crippen molar-refractivity contribution in [2.45, 2.75) is 63.9 Å². The van der Waals surface area contributed by atoms with Gasteiger partial charge in [0, 0.05) is 0 Å². The molecule has 14 heteroatoms. The molecule has 3 rings (SSSR count). The van der Waals surface area contributed by atoms with Crippen molar-refractivity contribution in [3.63, 3.8) is 0 Å². The predicted molar refractivity (Wildman–Crippen MR) is 123 cm³/mol. The molecule has 1 aromatic heterocycles. The Labute approximate surface area is 206 Å². The molecule has 0 spiro atoms. The molecule has 0 saturated carbocycles. The Morgan fingerprint density at radius 2 is 1.97 bits per heavy atom. The minimum atomic E-state index is -4.29. The van der Waals surface area contributed by atoms with Crippen molar-refractivity contribution in [3.8, 4) is 11.8 Å². The zero-order chi connectivity index (χ0) is 26.7. The maximum atomic E-state index is 15.5. The lowest BCUT2D eigenvalue weighted by Gasteiger charge is -2.25. The number of H-pyrrole nitrogens is 1. The highest BCUT2D eigenvalue weighted by molar-refractivity contribution is 7.52. The number of rotatable bonds is 10. The summed E-state index contributed by atoms with van der Waals surface area (Å²) >= 11 is 0. The van der Waals surface area contributed by atoms with Gasteiger partial charge in [0.05, 0.1) is 18.8 Å². The van der Waals surface area contributed by atoms with E-state index in [0.717, 1.165) is 23.8 Å². The van der Waals surface area contributed by atoms with E-state index in [1.54, 1.807) is 32.0 Å². The summed E-state index contributed by atoms with van der Waals surface area (Å²) in [5.41, 5.74) is -3.07. The second-order valence-electron chi connectivity index (χ2n) is 8.69. The minimum absolute atomic E-state index is 0.160. The fourth-order valence-corrected chi connectivity index (χ4v) is 4.98. The number of nitrogens with zero attached hydrogens (tertiary/aromatic N) is 1. The van der Waals surface area contributed by atoms with E-state index in [0.29, 0.717) is 0 Å². The average molecular weight is 530 g/mol. The van der Waals surface area contributed by atoms with Crippen molar-refractivity contribution in [1.82, 2.24) is 10.1 Å². The summed E-state index contributed by atoms with van der Waals surface area (Å²) < 4.78 is 51.6. The SMILES string of the molecule is CC(C)OC(=O)[C@H](C)N[P@](=O)(OC[C@H]1O[C@@H]([n+]2ccc(=O)[nH]c2O)[C@](C)(F)[C@@H]1O)Oc1ccccc1. The smallest absolute Gasteiger partial charge is 0.459 e. The van der Waals surface area contributed by atoms with E-state index in [1.807, 2.05) is 0 Å². The molecular weight excluding hydrogens is 500 g/mol. The van der Waals surface area contributed by atoms with Gasteiger partial charge in [-0.1, -0.05) is 18.2 Å². The number of nitrogens with one attached hydrogen (secondary N) is 2. The molecule has 2 aromatic rings. The van der Waals surface area contributed by atoms with E-state index in [1.165, 1.54) is 19.1 Å². The molecule has 4 N–H and O–H groups in total. The van der Waals surface area contributed by atoms with Crippen LogP contribution in [-0.4, -0.2) is 57.8 Å². The molecule has 198 valence electrons. The van der Waals surface area contributed by atoms with E-state index in [-0.39, 0.29) is 5.75 Å². The number of alkyl halides is 1. The first-order valence-electron chi connectivity index (χ1n) is 11.2. The third kappa shape index (κ3) is 6.48. The number of aliphatic hydroxyl groups excluding tert-OH is 1. The van der Waals surface area contributed by atoms with Crippen molar-refractivity contribution in [2.75, 3.05) is 6.61 Å².